The number of aliphatic hydroxyl groups is 1. The minimum atomic E-state index is -0.318. The number of hydrogen-bond donors (Lipinski definition) is 1. The van der Waals surface area contributed by atoms with Gasteiger partial charge in [-0.2, -0.15) is 5.26 Å². The summed E-state index contributed by atoms with van der Waals surface area (Å²) in [4.78, 5) is 0. The second-order valence-electron chi connectivity index (χ2n) is 5.08. The fourth-order valence-corrected chi connectivity index (χ4v) is 2.52. The minimum absolute atomic E-state index is 0.113. The number of nitriles is 1. The van der Waals surface area contributed by atoms with Crippen LogP contribution in [0.25, 0.3) is 0 Å². The molecule has 0 aromatic rings. The predicted octanol–water partition coefficient (Wildman–Crippen LogP) is 2.09. The van der Waals surface area contributed by atoms with Crippen molar-refractivity contribution in [3.8, 4) is 6.07 Å². The Morgan fingerprint density at radius 2 is 1.92 bits per heavy atom. The van der Waals surface area contributed by atoms with Crippen LogP contribution in [0.1, 0.15) is 40.0 Å². The average Bonchev–Trinajstić information content (AvgIpc) is 1.82. The molecule has 2 nitrogen and oxygen atoms in total. The van der Waals surface area contributed by atoms with Crippen molar-refractivity contribution < 1.29 is 5.11 Å². The van der Waals surface area contributed by atoms with E-state index in [0.29, 0.717) is 6.42 Å². The van der Waals surface area contributed by atoms with Crippen molar-refractivity contribution in [1.29, 1.82) is 5.26 Å². The first-order chi connectivity index (χ1) is 5.37. The standard InChI is InChI=1S/C10H17NO/c1-9(2)4-8(12)5-10(3,6-9)7-11/h8,12H,4-6H2,1-3H3/t8-,10-/m0/s1. The lowest BCUT2D eigenvalue weighted by Crippen LogP contribution is -2.37. The minimum Gasteiger partial charge on any atom is -0.393 e. The maximum Gasteiger partial charge on any atom is 0.0688 e. The summed E-state index contributed by atoms with van der Waals surface area (Å²) in [6, 6.07) is 2.31. The molecule has 0 aromatic heterocycles. The molecule has 1 saturated carbocycles. The van der Waals surface area contributed by atoms with Gasteiger partial charge < -0.3 is 5.11 Å². The quantitative estimate of drug-likeness (QED) is 0.600. The van der Waals surface area contributed by atoms with Gasteiger partial charge in [0.05, 0.1) is 17.6 Å². The molecule has 1 aliphatic rings. The van der Waals surface area contributed by atoms with Crippen molar-refractivity contribution in [2.24, 2.45) is 10.8 Å². The highest BCUT2D eigenvalue weighted by molar-refractivity contribution is 5.03. The second kappa shape index (κ2) is 2.74. The van der Waals surface area contributed by atoms with Crippen LogP contribution in [0.3, 0.4) is 0 Å². The molecule has 0 radical (unpaired) electrons. The van der Waals surface area contributed by atoms with Gasteiger partial charge >= 0.3 is 0 Å². The third kappa shape index (κ3) is 1.98. The molecule has 0 aromatic carbocycles. The second-order valence-corrected chi connectivity index (χ2v) is 5.08. The fraction of sp³-hybridized carbons (Fsp3) is 0.900. The lowest BCUT2D eigenvalue weighted by atomic mass is 9.64. The summed E-state index contributed by atoms with van der Waals surface area (Å²) in [6.07, 6.45) is 2.06. The molecule has 2 heteroatoms. The van der Waals surface area contributed by atoms with Crippen LogP contribution >= 0.6 is 0 Å². The molecule has 0 amide bonds. The highest BCUT2D eigenvalue weighted by Crippen LogP contribution is 2.45. The average molecular weight is 167 g/mol. The van der Waals surface area contributed by atoms with Crippen LogP contribution in [-0.2, 0) is 0 Å². The Hall–Kier alpha value is -0.550. The van der Waals surface area contributed by atoms with Gasteiger partial charge in [0, 0.05) is 0 Å². The molecule has 1 rings (SSSR count). The third-order valence-corrected chi connectivity index (χ3v) is 2.61. The summed E-state index contributed by atoms with van der Waals surface area (Å²) in [7, 11) is 0. The highest BCUT2D eigenvalue weighted by Gasteiger charge is 2.40. The highest BCUT2D eigenvalue weighted by atomic mass is 16.3. The van der Waals surface area contributed by atoms with Crippen molar-refractivity contribution in [3.63, 3.8) is 0 Å². The van der Waals surface area contributed by atoms with Crippen LogP contribution < -0.4 is 0 Å². The molecule has 1 aliphatic carbocycles. The summed E-state index contributed by atoms with van der Waals surface area (Å²) < 4.78 is 0. The molecule has 2 atom stereocenters. The van der Waals surface area contributed by atoms with Gasteiger partial charge in [0.25, 0.3) is 0 Å². The molecule has 0 heterocycles. The van der Waals surface area contributed by atoms with Gasteiger partial charge in [0.15, 0.2) is 0 Å². The largest absolute Gasteiger partial charge is 0.393 e. The van der Waals surface area contributed by atoms with E-state index in [-0.39, 0.29) is 16.9 Å². The first-order valence-corrected chi connectivity index (χ1v) is 4.46. The van der Waals surface area contributed by atoms with E-state index in [1.165, 1.54) is 0 Å². The summed E-state index contributed by atoms with van der Waals surface area (Å²) in [6.45, 7) is 6.17. The predicted molar refractivity (Wildman–Crippen MR) is 47.4 cm³/mol. The van der Waals surface area contributed by atoms with Gasteiger partial charge in [-0.1, -0.05) is 13.8 Å². The molecule has 0 aliphatic heterocycles. The van der Waals surface area contributed by atoms with Crippen LogP contribution in [0.5, 0.6) is 0 Å². The molecule has 0 unspecified atom stereocenters. The maximum absolute atomic E-state index is 9.56. The van der Waals surface area contributed by atoms with Crippen LogP contribution in [0, 0.1) is 22.2 Å². The van der Waals surface area contributed by atoms with Crippen LogP contribution in [0.4, 0.5) is 0 Å². The van der Waals surface area contributed by atoms with Gasteiger partial charge in [-0.15, -0.1) is 0 Å². The van der Waals surface area contributed by atoms with E-state index < -0.39 is 0 Å². The molecule has 1 fully saturated rings. The normalized spacial score (nSPS) is 40.4. The molecule has 68 valence electrons. The molecule has 1 N–H and O–H groups in total. The van der Waals surface area contributed by atoms with Crippen molar-refractivity contribution in [2.75, 3.05) is 0 Å². The van der Waals surface area contributed by atoms with Gasteiger partial charge in [-0.25, -0.2) is 0 Å². The first kappa shape index (κ1) is 9.54. The van der Waals surface area contributed by atoms with Gasteiger partial charge in [0.1, 0.15) is 0 Å². The van der Waals surface area contributed by atoms with E-state index in [2.05, 4.69) is 19.9 Å². The molecular weight excluding hydrogens is 150 g/mol. The summed E-state index contributed by atoms with van der Waals surface area (Å²) >= 11 is 0. The monoisotopic (exact) mass is 167 g/mol. The topological polar surface area (TPSA) is 44.0 Å². The smallest absolute Gasteiger partial charge is 0.0688 e. The summed E-state index contributed by atoms with van der Waals surface area (Å²) in [5.74, 6) is 0. The number of hydrogen-bond acceptors (Lipinski definition) is 2. The number of nitrogens with zero attached hydrogens (tertiary/aromatic N) is 1. The zero-order chi connectivity index (χ0) is 9.41. The van der Waals surface area contributed by atoms with Gasteiger partial charge in [-0.05, 0) is 31.6 Å². The Morgan fingerprint density at radius 3 is 2.33 bits per heavy atom. The molecule has 0 saturated heterocycles. The van der Waals surface area contributed by atoms with Crippen molar-refractivity contribution in [3.05, 3.63) is 0 Å². The van der Waals surface area contributed by atoms with E-state index in [0.717, 1.165) is 12.8 Å². The Morgan fingerprint density at radius 1 is 1.33 bits per heavy atom. The Balaban J connectivity index is 2.78. The lowest BCUT2D eigenvalue weighted by molar-refractivity contribution is 0.0148. The van der Waals surface area contributed by atoms with E-state index in [4.69, 9.17) is 5.26 Å². The zero-order valence-corrected chi connectivity index (χ0v) is 8.09. The van der Waals surface area contributed by atoms with Crippen LogP contribution in [-0.4, -0.2) is 11.2 Å². The molecule has 12 heavy (non-hydrogen) atoms. The van der Waals surface area contributed by atoms with E-state index in [1.807, 2.05) is 6.92 Å². The van der Waals surface area contributed by atoms with Gasteiger partial charge in [0.2, 0.25) is 0 Å². The van der Waals surface area contributed by atoms with Crippen molar-refractivity contribution in [1.82, 2.24) is 0 Å². The number of rotatable bonds is 0. The van der Waals surface area contributed by atoms with Crippen LogP contribution in [0.2, 0.25) is 0 Å². The molecule has 0 spiro atoms. The Kier molecular flexibility index (Phi) is 2.18. The Bertz CT molecular complexity index is 216. The van der Waals surface area contributed by atoms with E-state index in [9.17, 15) is 5.11 Å². The van der Waals surface area contributed by atoms with Gasteiger partial charge in [-0.3, -0.25) is 0 Å². The zero-order valence-electron chi connectivity index (χ0n) is 8.09. The van der Waals surface area contributed by atoms with E-state index >= 15 is 0 Å². The Labute approximate surface area is 74.2 Å². The first-order valence-electron chi connectivity index (χ1n) is 4.46. The molecular formula is C10H17NO. The van der Waals surface area contributed by atoms with Crippen molar-refractivity contribution in [2.45, 2.75) is 46.1 Å². The fourth-order valence-electron chi connectivity index (χ4n) is 2.52. The summed E-state index contributed by atoms with van der Waals surface area (Å²) in [5.41, 5.74) is -0.205. The lowest BCUT2D eigenvalue weighted by Gasteiger charge is -2.41. The van der Waals surface area contributed by atoms with Crippen molar-refractivity contribution >= 4 is 0 Å². The van der Waals surface area contributed by atoms with Crippen LogP contribution in [0.15, 0.2) is 0 Å². The SMILES string of the molecule is CC1(C)C[C@H](O)C[C@](C)(C#N)C1. The maximum atomic E-state index is 9.56. The third-order valence-electron chi connectivity index (χ3n) is 2.61. The number of aliphatic hydroxyl groups excluding tert-OH is 1. The molecule has 0 bridgehead atoms. The summed E-state index contributed by atoms with van der Waals surface area (Å²) in [5, 5.41) is 18.5. The van der Waals surface area contributed by atoms with E-state index in [1.54, 1.807) is 0 Å².